The molecule has 0 saturated heterocycles. The minimum atomic E-state index is 0. The summed E-state index contributed by atoms with van der Waals surface area (Å²) in [6, 6.07) is 9.53. The summed E-state index contributed by atoms with van der Waals surface area (Å²) in [5, 5.41) is 3.73. The maximum Gasteiger partial charge on any atom is 0.0342 e. The summed E-state index contributed by atoms with van der Waals surface area (Å²) in [6.07, 6.45) is 11.1. The maximum absolute atomic E-state index is 3.73. The van der Waals surface area contributed by atoms with Gasteiger partial charge in [-0.1, -0.05) is 64.7 Å². The number of hydrogen-bond donors (Lipinski definition) is 1. The Morgan fingerprint density at radius 2 is 1.50 bits per heavy atom. The first-order chi connectivity index (χ1) is 10.2. The Hall–Kier alpha value is -0.980. The van der Waals surface area contributed by atoms with Crippen LogP contribution in [0.4, 0.5) is 5.69 Å². The van der Waals surface area contributed by atoms with Crippen molar-refractivity contribution < 1.29 is 0 Å². The van der Waals surface area contributed by atoms with Crippen molar-refractivity contribution in [3.8, 4) is 0 Å². The van der Waals surface area contributed by atoms with E-state index in [0.29, 0.717) is 6.04 Å². The normalized spacial score (nSPS) is 21.5. The van der Waals surface area contributed by atoms with Gasteiger partial charge in [0.05, 0.1) is 0 Å². The first kappa shape index (κ1) is 19.1. The average molecular weight is 304 g/mol. The molecule has 126 valence electrons. The Morgan fingerprint density at radius 1 is 0.955 bits per heavy atom. The predicted octanol–water partition coefficient (Wildman–Crippen LogP) is 6.82. The van der Waals surface area contributed by atoms with Crippen molar-refractivity contribution in [1.29, 1.82) is 0 Å². The second-order valence-corrected chi connectivity index (χ2v) is 6.96. The molecule has 1 heteroatoms. The highest BCUT2D eigenvalue weighted by molar-refractivity contribution is 5.45. The van der Waals surface area contributed by atoms with Gasteiger partial charge in [-0.3, -0.25) is 0 Å². The smallest absolute Gasteiger partial charge is 0.0342 e. The van der Waals surface area contributed by atoms with Crippen LogP contribution in [0.15, 0.2) is 24.3 Å². The van der Waals surface area contributed by atoms with Crippen LogP contribution in [0.3, 0.4) is 0 Å². The van der Waals surface area contributed by atoms with E-state index in [9.17, 15) is 0 Å². The molecule has 1 fully saturated rings. The molecule has 1 saturated carbocycles. The fraction of sp³-hybridized carbons (Fsp3) is 0.714. The summed E-state index contributed by atoms with van der Waals surface area (Å²) >= 11 is 0. The van der Waals surface area contributed by atoms with E-state index >= 15 is 0 Å². The van der Waals surface area contributed by atoms with E-state index in [1.54, 1.807) is 0 Å². The van der Waals surface area contributed by atoms with Gasteiger partial charge in [-0.15, -0.1) is 0 Å². The number of benzene rings is 1. The standard InChI is InChI=1S/C20H33N.CH4/c1-4-6-17(7-5-2)18-10-14-20(15-11-18)21-19-12-8-16(3)9-13-19;/h8-9,12-13,17-18,20-21H,4-7,10-11,14-15H2,1-3H3;1H4. The molecule has 0 atom stereocenters. The summed E-state index contributed by atoms with van der Waals surface area (Å²) in [5.41, 5.74) is 2.63. The highest BCUT2D eigenvalue weighted by Gasteiger charge is 2.26. The van der Waals surface area contributed by atoms with E-state index in [1.165, 1.54) is 62.6 Å². The molecule has 1 nitrogen and oxygen atoms in total. The molecular weight excluding hydrogens is 266 g/mol. The van der Waals surface area contributed by atoms with Crippen molar-refractivity contribution >= 4 is 5.69 Å². The zero-order chi connectivity index (χ0) is 15.1. The quantitative estimate of drug-likeness (QED) is 0.583. The molecule has 1 aromatic carbocycles. The maximum atomic E-state index is 3.73. The molecule has 1 aromatic rings. The lowest BCUT2D eigenvalue weighted by atomic mass is 9.75. The largest absolute Gasteiger partial charge is 0.382 e. The lowest BCUT2D eigenvalue weighted by Gasteiger charge is -2.34. The number of nitrogens with one attached hydrogen (secondary N) is 1. The molecule has 0 radical (unpaired) electrons. The Labute approximate surface area is 138 Å². The van der Waals surface area contributed by atoms with Crippen LogP contribution in [0.2, 0.25) is 0 Å². The molecule has 0 amide bonds. The van der Waals surface area contributed by atoms with Crippen molar-refractivity contribution in [2.24, 2.45) is 11.8 Å². The van der Waals surface area contributed by atoms with Crippen LogP contribution in [0, 0.1) is 18.8 Å². The lowest BCUT2D eigenvalue weighted by Crippen LogP contribution is -2.29. The van der Waals surface area contributed by atoms with Gasteiger partial charge in [-0.25, -0.2) is 0 Å². The molecule has 2 rings (SSSR count). The SMILES string of the molecule is C.CCCC(CCC)C1CCC(Nc2ccc(C)cc2)CC1. The van der Waals surface area contributed by atoms with Gasteiger partial charge in [0, 0.05) is 11.7 Å². The molecule has 0 unspecified atom stereocenters. The molecule has 1 aliphatic rings. The van der Waals surface area contributed by atoms with Crippen LogP contribution in [-0.4, -0.2) is 6.04 Å². The van der Waals surface area contributed by atoms with E-state index < -0.39 is 0 Å². The summed E-state index contributed by atoms with van der Waals surface area (Å²) in [5.74, 6) is 1.97. The number of rotatable bonds is 7. The van der Waals surface area contributed by atoms with Crippen molar-refractivity contribution in [3.63, 3.8) is 0 Å². The topological polar surface area (TPSA) is 12.0 Å². The van der Waals surface area contributed by atoms with Gasteiger partial charge >= 0.3 is 0 Å². The molecule has 0 heterocycles. The second kappa shape index (κ2) is 9.92. The summed E-state index contributed by atoms with van der Waals surface area (Å²) in [4.78, 5) is 0. The predicted molar refractivity (Wildman–Crippen MR) is 101 cm³/mol. The van der Waals surface area contributed by atoms with Gasteiger partial charge in [0.2, 0.25) is 0 Å². The summed E-state index contributed by atoms with van der Waals surface area (Å²) < 4.78 is 0. The molecule has 22 heavy (non-hydrogen) atoms. The minimum absolute atomic E-state index is 0. The summed E-state index contributed by atoms with van der Waals surface area (Å²) in [6.45, 7) is 6.83. The Morgan fingerprint density at radius 3 is 2.00 bits per heavy atom. The third-order valence-electron chi connectivity index (χ3n) is 5.18. The van der Waals surface area contributed by atoms with Crippen molar-refractivity contribution in [3.05, 3.63) is 29.8 Å². The highest BCUT2D eigenvalue weighted by atomic mass is 14.9. The van der Waals surface area contributed by atoms with E-state index in [0.717, 1.165) is 11.8 Å². The lowest BCUT2D eigenvalue weighted by molar-refractivity contribution is 0.214. The van der Waals surface area contributed by atoms with Gasteiger partial charge in [0.15, 0.2) is 0 Å². The number of aryl methyl sites for hydroxylation is 1. The van der Waals surface area contributed by atoms with Gasteiger partial charge in [-0.05, 0) is 56.6 Å². The van der Waals surface area contributed by atoms with Gasteiger partial charge in [0.1, 0.15) is 0 Å². The minimum Gasteiger partial charge on any atom is -0.382 e. The average Bonchev–Trinajstić information content (AvgIpc) is 2.50. The highest BCUT2D eigenvalue weighted by Crippen LogP contribution is 2.36. The van der Waals surface area contributed by atoms with Gasteiger partial charge < -0.3 is 5.32 Å². The van der Waals surface area contributed by atoms with E-state index in [2.05, 4.69) is 50.4 Å². The Balaban J connectivity index is 0.00000242. The molecule has 1 N–H and O–H groups in total. The van der Waals surface area contributed by atoms with Crippen LogP contribution in [0.5, 0.6) is 0 Å². The van der Waals surface area contributed by atoms with Gasteiger partial charge in [0.25, 0.3) is 0 Å². The summed E-state index contributed by atoms with van der Waals surface area (Å²) in [7, 11) is 0. The molecule has 1 aliphatic carbocycles. The first-order valence-corrected chi connectivity index (χ1v) is 9.06. The third-order valence-corrected chi connectivity index (χ3v) is 5.18. The molecule has 0 bridgehead atoms. The van der Waals surface area contributed by atoms with E-state index in [4.69, 9.17) is 0 Å². The van der Waals surface area contributed by atoms with E-state index in [1.807, 2.05) is 0 Å². The Bertz CT molecular complexity index is 381. The third kappa shape index (κ3) is 5.66. The van der Waals surface area contributed by atoms with Crippen molar-refractivity contribution in [1.82, 2.24) is 0 Å². The number of hydrogen-bond acceptors (Lipinski definition) is 1. The monoisotopic (exact) mass is 303 g/mol. The van der Waals surface area contributed by atoms with E-state index in [-0.39, 0.29) is 7.43 Å². The zero-order valence-corrected chi connectivity index (χ0v) is 14.2. The van der Waals surface area contributed by atoms with Crippen LogP contribution in [-0.2, 0) is 0 Å². The van der Waals surface area contributed by atoms with Crippen LogP contribution >= 0.6 is 0 Å². The van der Waals surface area contributed by atoms with Crippen molar-refractivity contribution in [2.75, 3.05) is 5.32 Å². The van der Waals surface area contributed by atoms with Crippen molar-refractivity contribution in [2.45, 2.75) is 85.6 Å². The van der Waals surface area contributed by atoms with Crippen LogP contribution in [0.1, 0.15) is 78.2 Å². The zero-order valence-electron chi connectivity index (χ0n) is 14.2. The molecule has 0 aromatic heterocycles. The molecule has 0 spiro atoms. The van der Waals surface area contributed by atoms with Gasteiger partial charge in [-0.2, -0.15) is 0 Å². The molecular formula is C21H37N. The van der Waals surface area contributed by atoms with Crippen LogP contribution in [0.25, 0.3) is 0 Å². The fourth-order valence-corrected chi connectivity index (χ4v) is 3.98. The fourth-order valence-electron chi connectivity index (χ4n) is 3.98. The first-order valence-electron chi connectivity index (χ1n) is 9.06. The Kier molecular flexibility index (Phi) is 8.60. The molecule has 0 aliphatic heterocycles. The second-order valence-electron chi connectivity index (χ2n) is 6.96. The number of anilines is 1. The van der Waals surface area contributed by atoms with Crippen LogP contribution < -0.4 is 5.32 Å².